The predicted molar refractivity (Wildman–Crippen MR) is 140 cm³/mol. The number of hydrogen-bond donors (Lipinski definition) is 2. The highest BCUT2D eigenvalue weighted by molar-refractivity contribution is 5.75. The lowest BCUT2D eigenvalue weighted by Gasteiger charge is -2.24. The van der Waals surface area contributed by atoms with Gasteiger partial charge < -0.3 is 14.3 Å². The molecule has 2 unspecified atom stereocenters. The molecule has 4 rings (SSSR count). The molecule has 0 radical (unpaired) electrons. The van der Waals surface area contributed by atoms with Crippen LogP contribution in [-0.2, 0) is 17.8 Å². The maximum absolute atomic E-state index is 13.2. The molecule has 2 N–H and O–H groups in total. The van der Waals surface area contributed by atoms with Crippen LogP contribution in [0.4, 0.5) is 4.39 Å². The van der Waals surface area contributed by atoms with Gasteiger partial charge in [-0.1, -0.05) is 49.4 Å². The lowest BCUT2D eigenvalue weighted by Crippen LogP contribution is -2.41. The number of ether oxygens (including phenoxy) is 1. The Balaban J connectivity index is 1.35. The maximum atomic E-state index is 13.2. The van der Waals surface area contributed by atoms with E-state index in [4.69, 9.17) is 9.15 Å². The van der Waals surface area contributed by atoms with Crippen LogP contribution < -0.4 is 10.1 Å². The minimum atomic E-state index is -0.924. The van der Waals surface area contributed by atoms with Crippen LogP contribution in [-0.4, -0.2) is 28.7 Å². The monoisotopic (exact) mass is 502 g/mol. The van der Waals surface area contributed by atoms with Crippen molar-refractivity contribution in [3.05, 3.63) is 107 Å². The van der Waals surface area contributed by atoms with Crippen LogP contribution in [0.2, 0.25) is 0 Å². The molecule has 7 heteroatoms. The third-order valence-corrected chi connectivity index (χ3v) is 6.38. The van der Waals surface area contributed by atoms with Gasteiger partial charge in [0.15, 0.2) is 0 Å². The Labute approximate surface area is 216 Å². The summed E-state index contributed by atoms with van der Waals surface area (Å²) in [5, 5.41) is 13.0. The summed E-state index contributed by atoms with van der Waals surface area (Å²) in [6.45, 7) is 4.64. The third kappa shape index (κ3) is 6.83. The average molecular weight is 503 g/mol. The number of oxazole rings is 1. The number of aliphatic carboxylic acids is 1. The van der Waals surface area contributed by atoms with E-state index < -0.39 is 12.0 Å². The zero-order valence-corrected chi connectivity index (χ0v) is 21.0. The molecule has 2 atom stereocenters. The van der Waals surface area contributed by atoms with Gasteiger partial charge in [-0.15, -0.1) is 0 Å². The van der Waals surface area contributed by atoms with Crippen LogP contribution in [0.25, 0.3) is 11.5 Å². The summed E-state index contributed by atoms with van der Waals surface area (Å²) >= 11 is 0. The minimum Gasteiger partial charge on any atom is -0.493 e. The number of carbonyl (C=O) groups is 1. The number of hydrogen-bond acceptors (Lipinski definition) is 5. The Kier molecular flexibility index (Phi) is 8.69. The Hall–Kier alpha value is -3.97. The lowest BCUT2D eigenvalue weighted by molar-refractivity contribution is -0.140. The molecule has 4 aromatic rings. The van der Waals surface area contributed by atoms with Crippen molar-refractivity contribution in [2.45, 2.75) is 45.2 Å². The molecule has 0 saturated heterocycles. The second-order valence-corrected chi connectivity index (χ2v) is 8.89. The van der Waals surface area contributed by atoms with Gasteiger partial charge in [0.2, 0.25) is 5.89 Å². The largest absolute Gasteiger partial charge is 0.493 e. The number of halogens is 1. The van der Waals surface area contributed by atoms with Gasteiger partial charge in [0.05, 0.1) is 12.3 Å². The van der Waals surface area contributed by atoms with Crippen LogP contribution in [0.1, 0.15) is 41.8 Å². The number of nitrogens with one attached hydrogen (secondary N) is 1. The molecular weight excluding hydrogens is 471 g/mol. The van der Waals surface area contributed by atoms with E-state index in [0.717, 1.165) is 28.1 Å². The first kappa shape index (κ1) is 26.1. The normalized spacial score (nSPS) is 12.7. The first-order valence-corrected chi connectivity index (χ1v) is 12.4. The van der Waals surface area contributed by atoms with E-state index in [1.54, 1.807) is 12.1 Å². The molecule has 6 nitrogen and oxygen atoms in total. The van der Waals surface area contributed by atoms with Crippen LogP contribution in [0.15, 0.2) is 83.3 Å². The van der Waals surface area contributed by atoms with Gasteiger partial charge in [0, 0.05) is 24.4 Å². The van der Waals surface area contributed by atoms with Gasteiger partial charge in [-0.05, 0) is 60.9 Å². The van der Waals surface area contributed by atoms with Crippen molar-refractivity contribution in [3.8, 4) is 17.2 Å². The van der Waals surface area contributed by atoms with Crippen molar-refractivity contribution < 1.29 is 23.4 Å². The first-order chi connectivity index (χ1) is 17.9. The Morgan fingerprint density at radius 1 is 1.05 bits per heavy atom. The van der Waals surface area contributed by atoms with Crippen LogP contribution in [0, 0.1) is 12.7 Å². The van der Waals surface area contributed by atoms with Crippen molar-refractivity contribution in [1.29, 1.82) is 0 Å². The maximum Gasteiger partial charge on any atom is 0.321 e. The average Bonchev–Trinajstić information content (AvgIpc) is 3.28. The lowest BCUT2D eigenvalue weighted by atomic mass is 9.89. The van der Waals surface area contributed by atoms with Crippen molar-refractivity contribution in [2.24, 2.45) is 0 Å². The summed E-state index contributed by atoms with van der Waals surface area (Å²) < 4.78 is 24.9. The highest BCUT2D eigenvalue weighted by Crippen LogP contribution is 2.27. The molecule has 0 aliphatic carbocycles. The molecule has 0 bridgehead atoms. The number of nitrogens with zero attached hydrogens (tertiary/aromatic N) is 1. The molecule has 37 heavy (non-hydrogen) atoms. The van der Waals surface area contributed by atoms with Gasteiger partial charge in [-0.3, -0.25) is 10.1 Å². The van der Waals surface area contributed by atoms with E-state index in [2.05, 4.69) is 10.3 Å². The van der Waals surface area contributed by atoms with Crippen LogP contribution in [0.5, 0.6) is 5.75 Å². The summed E-state index contributed by atoms with van der Waals surface area (Å²) in [5.74, 6) is 0.600. The molecular formula is C30H31FN2O4. The fraction of sp³-hybridized carbons (Fsp3) is 0.267. The molecule has 0 spiro atoms. The zero-order valence-electron chi connectivity index (χ0n) is 21.0. The molecule has 0 aliphatic rings. The van der Waals surface area contributed by atoms with Gasteiger partial charge in [-0.2, -0.15) is 0 Å². The molecule has 0 aliphatic heterocycles. The van der Waals surface area contributed by atoms with E-state index in [0.29, 0.717) is 37.6 Å². The quantitative estimate of drug-likeness (QED) is 0.242. The molecule has 0 fully saturated rings. The van der Waals surface area contributed by atoms with Crippen molar-refractivity contribution >= 4 is 5.97 Å². The Morgan fingerprint density at radius 2 is 1.76 bits per heavy atom. The van der Waals surface area contributed by atoms with E-state index in [9.17, 15) is 14.3 Å². The summed E-state index contributed by atoms with van der Waals surface area (Å²) in [7, 11) is 0. The van der Waals surface area contributed by atoms with Crippen molar-refractivity contribution in [3.63, 3.8) is 0 Å². The van der Waals surface area contributed by atoms with Crippen molar-refractivity contribution in [1.82, 2.24) is 10.3 Å². The minimum absolute atomic E-state index is 0.235. The smallest absolute Gasteiger partial charge is 0.321 e. The summed E-state index contributed by atoms with van der Waals surface area (Å²) in [6.07, 6.45) is 1.25. The van der Waals surface area contributed by atoms with E-state index in [-0.39, 0.29) is 11.7 Å². The van der Waals surface area contributed by atoms with Crippen LogP contribution in [0.3, 0.4) is 0 Å². The molecule has 192 valence electrons. The fourth-order valence-corrected chi connectivity index (χ4v) is 4.34. The third-order valence-electron chi connectivity index (χ3n) is 6.38. The zero-order chi connectivity index (χ0) is 26.2. The van der Waals surface area contributed by atoms with Gasteiger partial charge in [0.1, 0.15) is 23.4 Å². The Bertz CT molecular complexity index is 1290. The van der Waals surface area contributed by atoms with Gasteiger partial charge in [-0.25, -0.2) is 9.37 Å². The van der Waals surface area contributed by atoms with E-state index in [1.165, 1.54) is 12.1 Å². The second kappa shape index (κ2) is 12.3. The topological polar surface area (TPSA) is 84.6 Å². The highest BCUT2D eigenvalue weighted by Gasteiger charge is 2.27. The van der Waals surface area contributed by atoms with E-state index in [1.807, 2.05) is 68.4 Å². The number of carboxylic acids is 1. The van der Waals surface area contributed by atoms with Crippen LogP contribution >= 0.6 is 0 Å². The number of aromatic nitrogens is 1. The second-order valence-electron chi connectivity index (χ2n) is 8.89. The molecule has 0 amide bonds. The molecule has 3 aromatic carbocycles. The van der Waals surface area contributed by atoms with E-state index >= 15 is 0 Å². The number of benzene rings is 3. The summed E-state index contributed by atoms with van der Waals surface area (Å²) in [4.78, 5) is 16.7. The highest BCUT2D eigenvalue weighted by atomic mass is 19.1. The predicted octanol–water partition coefficient (Wildman–Crippen LogP) is 6.15. The SMILES string of the molecule is CCC(c1ccc(OCCc2nc(-c3ccccc3)oc2C)cc1)C(NCc1ccc(F)cc1)C(=O)O. The molecule has 0 saturated carbocycles. The van der Waals surface area contributed by atoms with Gasteiger partial charge >= 0.3 is 5.97 Å². The Morgan fingerprint density at radius 3 is 2.41 bits per heavy atom. The number of aryl methyl sites for hydroxylation is 1. The summed E-state index contributed by atoms with van der Waals surface area (Å²) in [6, 6.07) is 22.6. The van der Waals surface area contributed by atoms with Crippen molar-refractivity contribution in [2.75, 3.05) is 6.61 Å². The number of carboxylic acid groups (broad SMARTS) is 1. The standard InChI is InChI=1S/C30H31FN2O4/c1-3-26(28(30(34)35)32-19-21-9-13-24(31)14-10-21)22-11-15-25(16-12-22)36-18-17-27-20(2)37-29(33-27)23-7-5-4-6-8-23/h4-16,26,28,32H,3,17-19H2,1-2H3,(H,34,35). The van der Waals surface area contributed by atoms with Gasteiger partial charge in [0.25, 0.3) is 0 Å². The molecule has 1 aromatic heterocycles. The number of rotatable bonds is 12. The molecule has 1 heterocycles. The first-order valence-electron chi connectivity index (χ1n) is 12.4. The summed E-state index contributed by atoms with van der Waals surface area (Å²) in [5.41, 5.74) is 3.53. The fourth-order valence-electron chi connectivity index (χ4n) is 4.34.